The molecule has 4 heteroatoms. The Morgan fingerprint density at radius 2 is 1.54 bits per heavy atom. The summed E-state index contributed by atoms with van der Waals surface area (Å²) in [5.41, 5.74) is 4.23. The second kappa shape index (κ2) is 7.24. The molecule has 3 aromatic carbocycles. The van der Waals surface area contributed by atoms with Gasteiger partial charge in [-0.25, -0.2) is 0 Å². The second-order valence-corrected chi connectivity index (χ2v) is 6.81. The highest BCUT2D eigenvalue weighted by molar-refractivity contribution is 6.16. The number of aliphatic hydroxyl groups excluding tert-OH is 1. The van der Waals surface area contributed by atoms with Gasteiger partial charge < -0.3 is 9.84 Å². The molecule has 0 bridgehead atoms. The molecule has 4 nitrogen and oxygen atoms in total. The zero-order valence-electron chi connectivity index (χ0n) is 15.8. The van der Waals surface area contributed by atoms with Gasteiger partial charge in [0.05, 0.1) is 13.2 Å². The lowest BCUT2D eigenvalue weighted by Gasteiger charge is -2.27. The molecule has 140 valence electrons. The van der Waals surface area contributed by atoms with Crippen molar-refractivity contribution in [1.82, 2.24) is 0 Å². The lowest BCUT2D eigenvalue weighted by molar-refractivity contribution is -0.117. The van der Waals surface area contributed by atoms with E-state index in [9.17, 15) is 9.90 Å². The van der Waals surface area contributed by atoms with Gasteiger partial charge in [-0.3, -0.25) is 9.69 Å². The van der Waals surface area contributed by atoms with Crippen LogP contribution < -0.4 is 9.64 Å². The van der Waals surface area contributed by atoms with E-state index in [1.807, 2.05) is 85.8 Å². The number of hydrogen-bond donors (Lipinski definition) is 1. The average Bonchev–Trinajstić information content (AvgIpc) is 3.00. The topological polar surface area (TPSA) is 49.8 Å². The van der Waals surface area contributed by atoms with E-state index in [0.717, 1.165) is 16.7 Å². The number of hydrogen-bond acceptors (Lipinski definition) is 3. The standard InChI is InChI=1S/C24H21NO3/c1-16-8-10-18(11-9-16)22-21(17-6-4-3-5-7-17)23(26)24(27)25(22)19-12-14-20(28-2)15-13-19/h3-15,22,26H,1-2H3. The number of anilines is 1. The Kier molecular flexibility index (Phi) is 4.62. The number of aryl methyl sites for hydroxylation is 1. The summed E-state index contributed by atoms with van der Waals surface area (Å²) in [6.45, 7) is 2.02. The Morgan fingerprint density at radius 3 is 2.14 bits per heavy atom. The van der Waals surface area contributed by atoms with Gasteiger partial charge in [0.2, 0.25) is 0 Å². The molecule has 1 aliphatic heterocycles. The Morgan fingerprint density at radius 1 is 0.893 bits per heavy atom. The molecule has 1 amide bonds. The van der Waals surface area contributed by atoms with Crippen LogP contribution in [0, 0.1) is 6.92 Å². The molecular formula is C24H21NO3. The van der Waals surface area contributed by atoms with Crippen molar-refractivity contribution in [1.29, 1.82) is 0 Å². The van der Waals surface area contributed by atoms with Crippen LogP contribution in [0.25, 0.3) is 5.57 Å². The molecule has 0 fully saturated rings. The second-order valence-electron chi connectivity index (χ2n) is 6.81. The first-order valence-corrected chi connectivity index (χ1v) is 9.13. The van der Waals surface area contributed by atoms with E-state index in [2.05, 4.69) is 0 Å². The third kappa shape index (κ3) is 3.03. The zero-order chi connectivity index (χ0) is 19.7. The van der Waals surface area contributed by atoms with Gasteiger partial charge in [0.1, 0.15) is 5.75 Å². The van der Waals surface area contributed by atoms with Crippen LogP contribution in [0.15, 0.2) is 84.6 Å². The van der Waals surface area contributed by atoms with Gasteiger partial charge in [-0.15, -0.1) is 0 Å². The average molecular weight is 371 g/mol. The monoisotopic (exact) mass is 371 g/mol. The van der Waals surface area contributed by atoms with Gasteiger partial charge in [0.15, 0.2) is 5.76 Å². The van der Waals surface area contributed by atoms with Crippen molar-refractivity contribution in [3.63, 3.8) is 0 Å². The molecule has 1 atom stereocenters. The molecule has 0 aliphatic carbocycles. The third-order valence-electron chi connectivity index (χ3n) is 5.04. The first kappa shape index (κ1) is 17.9. The van der Waals surface area contributed by atoms with Gasteiger partial charge in [0.25, 0.3) is 5.91 Å². The number of nitrogens with zero attached hydrogens (tertiary/aromatic N) is 1. The molecule has 3 aromatic rings. The first-order chi connectivity index (χ1) is 13.6. The van der Waals surface area contributed by atoms with Crippen molar-refractivity contribution >= 4 is 17.2 Å². The summed E-state index contributed by atoms with van der Waals surface area (Å²) in [6.07, 6.45) is 0. The minimum atomic E-state index is -0.413. The summed E-state index contributed by atoms with van der Waals surface area (Å²) in [4.78, 5) is 14.7. The van der Waals surface area contributed by atoms with Gasteiger partial charge in [0, 0.05) is 11.3 Å². The molecule has 1 N–H and O–H groups in total. The Balaban J connectivity index is 1.87. The summed E-state index contributed by atoms with van der Waals surface area (Å²) in [7, 11) is 1.60. The summed E-state index contributed by atoms with van der Waals surface area (Å²) in [6, 6.07) is 24.5. The SMILES string of the molecule is COc1ccc(N2C(=O)C(O)=C(c3ccccc3)C2c2ccc(C)cc2)cc1. The predicted molar refractivity (Wildman–Crippen MR) is 110 cm³/mol. The summed E-state index contributed by atoms with van der Waals surface area (Å²) < 4.78 is 5.23. The number of carbonyl (C=O) groups is 1. The maximum atomic E-state index is 13.1. The van der Waals surface area contributed by atoms with Crippen LogP contribution in [0.5, 0.6) is 5.75 Å². The van der Waals surface area contributed by atoms with Crippen molar-refractivity contribution in [2.24, 2.45) is 0 Å². The van der Waals surface area contributed by atoms with E-state index in [4.69, 9.17) is 4.74 Å². The summed E-state index contributed by atoms with van der Waals surface area (Å²) >= 11 is 0. The van der Waals surface area contributed by atoms with E-state index in [0.29, 0.717) is 17.0 Å². The lowest BCUT2D eigenvalue weighted by Crippen LogP contribution is -2.30. The van der Waals surface area contributed by atoms with Crippen LogP contribution in [0.3, 0.4) is 0 Å². The molecule has 28 heavy (non-hydrogen) atoms. The first-order valence-electron chi connectivity index (χ1n) is 9.13. The van der Waals surface area contributed by atoms with Crippen molar-refractivity contribution in [2.45, 2.75) is 13.0 Å². The molecule has 1 unspecified atom stereocenters. The van der Waals surface area contributed by atoms with E-state index in [1.54, 1.807) is 12.0 Å². The van der Waals surface area contributed by atoms with Crippen molar-refractivity contribution in [2.75, 3.05) is 12.0 Å². The van der Waals surface area contributed by atoms with E-state index >= 15 is 0 Å². The fourth-order valence-corrected chi connectivity index (χ4v) is 3.59. The predicted octanol–water partition coefficient (Wildman–Crippen LogP) is 5.06. The molecule has 0 spiro atoms. The third-order valence-corrected chi connectivity index (χ3v) is 5.04. The van der Waals surface area contributed by atoms with Crippen molar-refractivity contribution in [3.05, 3.63) is 101 Å². The molecule has 0 aromatic heterocycles. The van der Waals surface area contributed by atoms with E-state index < -0.39 is 11.9 Å². The Hall–Kier alpha value is -3.53. The normalized spacial score (nSPS) is 16.6. The highest BCUT2D eigenvalue weighted by atomic mass is 16.5. The van der Waals surface area contributed by atoms with Gasteiger partial charge >= 0.3 is 0 Å². The van der Waals surface area contributed by atoms with Crippen molar-refractivity contribution in [3.8, 4) is 5.75 Å². The molecule has 0 radical (unpaired) electrons. The maximum Gasteiger partial charge on any atom is 0.294 e. The largest absolute Gasteiger partial charge is 0.503 e. The highest BCUT2D eigenvalue weighted by Crippen LogP contribution is 2.45. The van der Waals surface area contributed by atoms with Crippen LogP contribution in [0.2, 0.25) is 0 Å². The fourth-order valence-electron chi connectivity index (χ4n) is 3.59. The number of benzene rings is 3. The minimum absolute atomic E-state index is 0.215. The maximum absolute atomic E-state index is 13.1. The smallest absolute Gasteiger partial charge is 0.294 e. The van der Waals surface area contributed by atoms with Gasteiger partial charge in [-0.05, 0) is 42.3 Å². The minimum Gasteiger partial charge on any atom is -0.503 e. The van der Waals surface area contributed by atoms with Crippen LogP contribution >= 0.6 is 0 Å². The zero-order valence-corrected chi connectivity index (χ0v) is 15.8. The number of methoxy groups -OCH3 is 1. The van der Waals surface area contributed by atoms with Crippen molar-refractivity contribution < 1.29 is 14.6 Å². The summed E-state index contributed by atoms with van der Waals surface area (Å²) in [5, 5.41) is 10.8. The lowest BCUT2D eigenvalue weighted by atomic mass is 9.93. The number of aliphatic hydroxyl groups is 1. The quantitative estimate of drug-likeness (QED) is 0.697. The van der Waals surface area contributed by atoms with E-state index in [1.165, 1.54) is 0 Å². The number of amides is 1. The van der Waals surface area contributed by atoms with Crippen LogP contribution in [0.1, 0.15) is 22.7 Å². The van der Waals surface area contributed by atoms with Crippen LogP contribution in [-0.2, 0) is 4.79 Å². The molecule has 1 aliphatic rings. The number of ether oxygens (including phenoxy) is 1. The Labute approximate surface area is 164 Å². The van der Waals surface area contributed by atoms with Gasteiger partial charge in [-0.1, -0.05) is 60.2 Å². The highest BCUT2D eigenvalue weighted by Gasteiger charge is 2.41. The van der Waals surface area contributed by atoms with Gasteiger partial charge in [-0.2, -0.15) is 0 Å². The molecular weight excluding hydrogens is 350 g/mol. The summed E-state index contributed by atoms with van der Waals surface area (Å²) in [5.74, 6) is 0.0879. The number of carbonyl (C=O) groups excluding carboxylic acids is 1. The van der Waals surface area contributed by atoms with E-state index in [-0.39, 0.29) is 5.76 Å². The van der Waals surface area contributed by atoms with Crippen LogP contribution in [-0.4, -0.2) is 18.1 Å². The Bertz CT molecular complexity index is 1020. The fraction of sp³-hybridized carbons (Fsp3) is 0.125. The number of rotatable bonds is 4. The molecule has 1 heterocycles. The van der Waals surface area contributed by atoms with Crippen LogP contribution in [0.4, 0.5) is 5.69 Å². The molecule has 0 saturated carbocycles. The molecule has 4 rings (SSSR count). The molecule has 0 saturated heterocycles.